The number of hydrogen-bond donors (Lipinski definition) is 3. The summed E-state index contributed by atoms with van der Waals surface area (Å²) in [5.41, 5.74) is 1.43. The van der Waals surface area contributed by atoms with Gasteiger partial charge in [0.1, 0.15) is 0 Å². The molecule has 214 valence electrons. The van der Waals surface area contributed by atoms with Crippen molar-refractivity contribution < 1.29 is 19.8 Å². The summed E-state index contributed by atoms with van der Waals surface area (Å²) in [6.07, 6.45) is 18.1. The van der Waals surface area contributed by atoms with Crippen molar-refractivity contribution in [1.29, 1.82) is 0 Å². The number of rotatable bonds is 6. The normalized spacial score (nSPS) is 36.9. The molecule has 3 N–H and O–H groups in total. The quantitative estimate of drug-likeness (QED) is 0.363. The first-order chi connectivity index (χ1) is 19.0. The molecule has 4 bridgehead atoms. The van der Waals surface area contributed by atoms with E-state index in [1.165, 1.54) is 64.2 Å². The van der Waals surface area contributed by atoms with E-state index in [0.29, 0.717) is 30.2 Å². The van der Waals surface area contributed by atoms with Crippen molar-refractivity contribution in [1.82, 2.24) is 4.90 Å². The summed E-state index contributed by atoms with van der Waals surface area (Å²) >= 11 is 0. The SMILES string of the molecule is O=C(O)Nc1ccccc1N(C1CC2CCCC(C1)N2C1CC2CCCC(CC2)C1)C1CCCCC1C(=O)O. The van der Waals surface area contributed by atoms with Gasteiger partial charge in [-0.05, 0) is 75.3 Å². The molecule has 7 heteroatoms. The molecular formula is C32H47N3O4. The average molecular weight is 538 g/mol. The summed E-state index contributed by atoms with van der Waals surface area (Å²) in [6.45, 7) is 0. The molecule has 1 aromatic rings. The number of amides is 1. The van der Waals surface area contributed by atoms with E-state index >= 15 is 0 Å². The number of carboxylic acids is 1. The van der Waals surface area contributed by atoms with Gasteiger partial charge in [-0.3, -0.25) is 15.0 Å². The Kier molecular flexibility index (Phi) is 8.06. The summed E-state index contributed by atoms with van der Waals surface area (Å²) in [5, 5.41) is 22.5. The standard InChI is InChI=1S/C32H47N3O4/c36-31(37)27-11-1-3-13-29(27)35(30-14-4-2-12-28(30)33-32(38)39)26-19-23-9-6-10-24(20-26)34(23)25-17-21-7-5-8-22(18-25)16-15-21/h2,4,12,14,21-27,29,33H,1,3,5-11,13,15-20H2,(H,36,37)(H,38,39). The van der Waals surface area contributed by atoms with Crippen LogP contribution in [-0.4, -0.2) is 57.4 Å². The molecule has 2 heterocycles. The van der Waals surface area contributed by atoms with Gasteiger partial charge >= 0.3 is 12.1 Å². The lowest BCUT2D eigenvalue weighted by Crippen LogP contribution is -2.62. The third kappa shape index (κ3) is 5.66. The van der Waals surface area contributed by atoms with Crippen LogP contribution in [0.1, 0.15) is 103 Å². The fraction of sp³-hybridized carbons (Fsp3) is 0.750. The average Bonchev–Trinajstić information content (AvgIpc) is 3.25. The number of nitrogens with zero attached hydrogens (tertiary/aromatic N) is 2. The summed E-state index contributed by atoms with van der Waals surface area (Å²) in [4.78, 5) is 29.6. The molecule has 39 heavy (non-hydrogen) atoms. The second kappa shape index (κ2) is 11.7. The molecule has 5 aliphatic rings. The molecular weight excluding hydrogens is 490 g/mol. The number of piperidine rings is 2. The first-order valence-electron chi connectivity index (χ1n) is 15.9. The maximum Gasteiger partial charge on any atom is 0.409 e. The highest BCUT2D eigenvalue weighted by atomic mass is 16.4. The van der Waals surface area contributed by atoms with Crippen LogP contribution in [0.4, 0.5) is 16.2 Å². The van der Waals surface area contributed by atoms with Crippen LogP contribution in [0.3, 0.4) is 0 Å². The second-order valence-electron chi connectivity index (χ2n) is 13.3. The molecule has 2 saturated heterocycles. The van der Waals surface area contributed by atoms with Crippen molar-refractivity contribution >= 4 is 23.4 Å². The smallest absolute Gasteiger partial charge is 0.409 e. The lowest BCUT2D eigenvalue weighted by molar-refractivity contribution is -0.143. The van der Waals surface area contributed by atoms with Crippen molar-refractivity contribution in [3.8, 4) is 0 Å². The maximum atomic E-state index is 12.5. The van der Waals surface area contributed by atoms with Gasteiger partial charge in [0.2, 0.25) is 0 Å². The topological polar surface area (TPSA) is 93.1 Å². The lowest BCUT2D eigenvalue weighted by Gasteiger charge is -2.56. The van der Waals surface area contributed by atoms with Gasteiger partial charge in [-0.25, -0.2) is 4.79 Å². The van der Waals surface area contributed by atoms with Crippen LogP contribution in [-0.2, 0) is 4.79 Å². The first-order valence-corrected chi connectivity index (χ1v) is 15.9. The summed E-state index contributed by atoms with van der Waals surface area (Å²) in [6, 6.07) is 9.57. The number of fused-ring (bicyclic) bond motifs is 5. The minimum Gasteiger partial charge on any atom is -0.481 e. The number of carboxylic acid groups (broad SMARTS) is 2. The van der Waals surface area contributed by atoms with Gasteiger partial charge in [0, 0.05) is 30.2 Å². The van der Waals surface area contributed by atoms with Gasteiger partial charge in [0.05, 0.1) is 17.3 Å². The molecule has 3 saturated carbocycles. The Labute approximate surface area is 233 Å². The number of nitrogens with one attached hydrogen (secondary N) is 1. The Morgan fingerprint density at radius 1 is 0.744 bits per heavy atom. The summed E-state index contributed by atoms with van der Waals surface area (Å²) in [7, 11) is 0. The molecule has 7 nitrogen and oxygen atoms in total. The largest absolute Gasteiger partial charge is 0.481 e. The molecule has 0 spiro atoms. The highest BCUT2D eigenvalue weighted by molar-refractivity contribution is 5.89. The number of carbonyl (C=O) groups is 2. The summed E-state index contributed by atoms with van der Waals surface area (Å²) in [5.74, 6) is 0.654. The van der Waals surface area contributed by atoms with Gasteiger partial charge in [-0.2, -0.15) is 0 Å². The van der Waals surface area contributed by atoms with Gasteiger partial charge in [-0.15, -0.1) is 0 Å². The Balaban J connectivity index is 1.32. The zero-order valence-corrected chi connectivity index (χ0v) is 23.3. The predicted octanol–water partition coefficient (Wildman–Crippen LogP) is 6.97. The van der Waals surface area contributed by atoms with E-state index in [9.17, 15) is 19.8 Å². The third-order valence-corrected chi connectivity index (χ3v) is 11.1. The van der Waals surface area contributed by atoms with E-state index in [-0.39, 0.29) is 12.1 Å². The number of benzene rings is 1. The van der Waals surface area contributed by atoms with Crippen molar-refractivity contribution in [2.75, 3.05) is 10.2 Å². The van der Waals surface area contributed by atoms with Crippen LogP contribution < -0.4 is 10.2 Å². The van der Waals surface area contributed by atoms with Gasteiger partial charge in [0.15, 0.2) is 0 Å². The summed E-state index contributed by atoms with van der Waals surface area (Å²) < 4.78 is 0. The molecule has 1 aromatic carbocycles. The molecule has 3 aliphatic carbocycles. The number of anilines is 2. The van der Waals surface area contributed by atoms with Crippen molar-refractivity contribution in [2.45, 2.75) is 133 Å². The van der Waals surface area contributed by atoms with Crippen LogP contribution in [0.2, 0.25) is 0 Å². The molecule has 0 radical (unpaired) electrons. The molecule has 6 atom stereocenters. The monoisotopic (exact) mass is 537 g/mol. The maximum absolute atomic E-state index is 12.5. The lowest BCUT2D eigenvalue weighted by atomic mass is 9.75. The van der Waals surface area contributed by atoms with E-state index in [2.05, 4.69) is 15.1 Å². The second-order valence-corrected chi connectivity index (χ2v) is 13.3. The van der Waals surface area contributed by atoms with Gasteiger partial charge in [0.25, 0.3) is 0 Å². The third-order valence-electron chi connectivity index (χ3n) is 11.1. The zero-order valence-electron chi connectivity index (χ0n) is 23.3. The van der Waals surface area contributed by atoms with Crippen LogP contribution in [0.5, 0.6) is 0 Å². The number of aliphatic carboxylic acids is 1. The van der Waals surface area contributed by atoms with Crippen LogP contribution in [0.25, 0.3) is 0 Å². The highest BCUT2D eigenvalue weighted by Gasteiger charge is 2.47. The minimum absolute atomic E-state index is 0.109. The van der Waals surface area contributed by atoms with Crippen LogP contribution in [0.15, 0.2) is 24.3 Å². The fourth-order valence-electron chi connectivity index (χ4n) is 9.55. The van der Waals surface area contributed by atoms with Gasteiger partial charge < -0.3 is 15.1 Å². The van der Waals surface area contributed by atoms with E-state index in [1.807, 2.05) is 24.3 Å². The fourth-order valence-corrected chi connectivity index (χ4v) is 9.55. The Morgan fingerprint density at radius 3 is 2.05 bits per heavy atom. The molecule has 6 unspecified atom stereocenters. The molecule has 6 rings (SSSR count). The Morgan fingerprint density at radius 2 is 1.38 bits per heavy atom. The zero-order chi connectivity index (χ0) is 26.9. The van der Waals surface area contributed by atoms with Crippen molar-refractivity contribution in [2.24, 2.45) is 17.8 Å². The van der Waals surface area contributed by atoms with E-state index < -0.39 is 18.0 Å². The molecule has 5 fully saturated rings. The van der Waals surface area contributed by atoms with E-state index in [1.54, 1.807) is 0 Å². The van der Waals surface area contributed by atoms with Crippen LogP contribution >= 0.6 is 0 Å². The minimum atomic E-state index is -1.08. The predicted molar refractivity (Wildman–Crippen MR) is 153 cm³/mol. The number of para-hydroxylation sites is 2. The highest BCUT2D eigenvalue weighted by Crippen LogP contribution is 2.47. The molecule has 2 aliphatic heterocycles. The van der Waals surface area contributed by atoms with E-state index in [4.69, 9.17) is 0 Å². The number of hydrogen-bond acceptors (Lipinski definition) is 4. The van der Waals surface area contributed by atoms with Crippen molar-refractivity contribution in [3.63, 3.8) is 0 Å². The van der Waals surface area contributed by atoms with Crippen molar-refractivity contribution in [3.05, 3.63) is 24.3 Å². The Bertz CT molecular complexity index is 1000. The molecule has 0 aromatic heterocycles. The Hall–Kier alpha value is -2.28. The molecule has 1 amide bonds. The van der Waals surface area contributed by atoms with E-state index in [0.717, 1.165) is 49.6 Å². The van der Waals surface area contributed by atoms with Gasteiger partial charge in [-0.1, -0.05) is 63.5 Å². The van der Waals surface area contributed by atoms with Crippen LogP contribution in [0, 0.1) is 17.8 Å². The first kappa shape index (κ1) is 26.9.